The van der Waals surface area contributed by atoms with Crippen LogP contribution in [0.25, 0.3) is 0 Å². The molecule has 112 valence electrons. The van der Waals surface area contributed by atoms with Crippen molar-refractivity contribution in [2.45, 2.75) is 72.4 Å². The minimum absolute atomic E-state index is 0. The fourth-order valence-corrected chi connectivity index (χ4v) is 0.333. The minimum atomic E-state index is -1.60. The fraction of sp³-hybridized carbons (Fsp3) is 1.00. The molecular formula is C12H33BN2O3. The molecule has 0 saturated heterocycles. The first-order valence-corrected chi connectivity index (χ1v) is 6.33. The molecule has 5 nitrogen and oxygen atoms in total. The zero-order valence-corrected chi connectivity index (χ0v) is 13.2. The summed E-state index contributed by atoms with van der Waals surface area (Å²) in [6.07, 6.45) is 1.88. The molecule has 0 fully saturated rings. The molecule has 0 bridgehead atoms. The van der Waals surface area contributed by atoms with Gasteiger partial charge in [-0.15, -0.1) is 0 Å². The van der Waals surface area contributed by atoms with Gasteiger partial charge in [0.2, 0.25) is 0 Å². The predicted octanol–water partition coefficient (Wildman–Crippen LogP) is 1.26. The molecule has 0 aromatic carbocycles. The fourth-order valence-electron chi connectivity index (χ4n) is 0.333. The molecule has 18 heavy (non-hydrogen) atoms. The monoisotopic (exact) mass is 264 g/mol. The quantitative estimate of drug-likeness (QED) is 0.452. The Balaban J connectivity index is -0.000000197. The van der Waals surface area contributed by atoms with Crippen molar-refractivity contribution in [3.63, 3.8) is 0 Å². The molecule has 0 saturated carbocycles. The largest absolute Gasteiger partial charge is 0.633 e. The van der Waals surface area contributed by atoms with Gasteiger partial charge < -0.3 is 26.2 Å². The lowest BCUT2D eigenvalue weighted by molar-refractivity contribution is 0.183. The highest BCUT2D eigenvalue weighted by molar-refractivity contribution is 6.32. The van der Waals surface area contributed by atoms with Gasteiger partial charge in [-0.2, -0.15) is 0 Å². The predicted molar refractivity (Wildman–Crippen MR) is 78.9 cm³/mol. The van der Waals surface area contributed by atoms with Gasteiger partial charge in [-0.1, -0.05) is 13.3 Å². The normalized spacial score (nSPS) is 10.8. The first-order valence-electron chi connectivity index (χ1n) is 6.33. The van der Waals surface area contributed by atoms with E-state index in [0.717, 1.165) is 12.8 Å². The SMILES string of the molecule is CC(C)(C)N.CC(C)(C)N.CCCCOB(O)O. The van der Waals surface area contributed by atoms with Gasteiger partial charge in [0.1, 0.15) is 0 Å². The third-order valence-electron chi connectivity index (χ3n) is 0.765. The molecule has 0 amide bonds. The maximum Gasteiger partial charge on any atom is 0.633 e. The first kappa shape index (κ1) is 23.0. The van der Waals surface area contributed by atoms with Gasteiger partial charge in [-0.05, 0) is 48.0 Å². The van der Waals surface area contributed by atoms with E-state index in [1.807, 2.05) is 48.5 Å². The van der Waals surface area contributed by atoms with E-state index in [4.69, 9.17) is 21.5 Å². The van der Waals surface area contributed by atoms with Crippen LogP contribution in [0.3, 0.4) is 0 Å². The van der Waals surface area contributed by atoms with Crippen LogP contribution in [-0.2, 0) is 4.65 Å². The minimum Gasteiger partial charge on any atom is -0.402 e. The van der Waals surface area contributed by atoms with Crippen LogP contribution in [0.4, 0.5) is 0 Å². The average Bonchev–Trinajstić information content (AvgIpc) is 1.97. The van der Waals surface area contributed by atoms with Crippen molar-refractivity contribution in [3.8, 4) is 0 Å². The van der Waals surface area contributed by atoms with Gasteiger partial charge in [0.05, 0.1) is 0 Å². The summed E-state index contributed by atoms with van der Waals surface area (Å²) in [4.78, 5) is 0. The number of hydrogen-bond donors (Lipinski definition) is 4. The molecule has 0 rings (SSSR count). The highest BCUT2D eigenvalue weighted by Gasteiger charge is 2.05. The van der Waals surface area contributed by atoms with E-state index in [1.165, 1.54) is 0 Å². The van der Waals surface area contributed by atoms with E-state index in [-0.39, 0.29) is 11.1 Å². The van der Waals surface area contributed by atoms with Gasteiger partial charge in [-0.3, -0.25) is 0 Å². The lowest BCUT2D eigenvalue weighted by Crippen LogP contribution is -2.26. The first-order chi connectivity index (χ1) is 7.77. The Bertz CT molecular complexity index is 142. The Morgan fingerprint density at radius 1 is 0.944 bits per heavy atom. The summed E-state index contributed by atoms with van der Waals surface area (Å²) >= 11 is 0. The van der Waals surface area contributed by atoms with E-state index in [2.05, 4.69) is 4.65 Å². The summed E-state index contributed by atoms with van der Waals surface area (Å²) in [5, 5.41) is 16.2. The standard InChI is InChI=1S/C4H11BO3.2C4H11N/c1-2-3-4-8-5(6)7;2*1-4(2,3)5/h6-7H,2-4H2,1H3;2*5H2,1-3H3. The molecule has 0 aromatic rings. The van der Waals surface area contributed by atoms with Crippen LogP contribution in [0.1, 0.15) is 61.3 Å². The van der Waals surface area contributed by atoms with Gasteiger partial charge in [0.25, 0.3) is 0 Å². The van der Waals surface area contributed by atoms with E-state index < -0.39 is 7.32 Å². The molecule has 0 radical (unpaired) electrons. The Labute approximate surface area is 113 Å². The molecule has 6 N–H and O–H groups in total. The maximum absolute atomic E-state index is 8.11. The molecule has 0 spiro atoms. The Morgan fingerprint density at radius 3 is 1.39 bits per heavy atom. The third kappa shape index (κ3) is 148. The highest BCUT2D eigenvalue weighted by Crippen LogP contribution is 1.88. The molecule has 0 unspecified atom stereocenters. The van der Waals surface area contributed by atoms with Crippen LogP contribution < -0.4 is 11.5 Å². The van der Waals surface area contributed by atoms with Gasteiger partial charge >= 0.3 is 7.32 Å². The molecule has 0 aliphatic heterocycles. The van der Waals surface area contributed by atoms with E-state index in [0.29, 0.717) is 6.61 Å². The number of nitrogens with two attached hydrogens (primary N) is 2. The summed E-state index contributed by atoms with van der Waals surface area (Å²) < 4.78 is 4.39. The highest BCUT2D eigenvalue weighted by atomic mass is 16.6. The maximum atomic E-state index is 8.11. The lowest BCUT2D eigenvalue weighted by atomic mass is 10.1. The topological polar surface area (TPSA) is 102 Å². The zero-order valence-electron chi connectivity index (χ0n) is 13.2. The summed E-state index contributed by atoms with van der Waals surface area (Å²) in [6.45, 7) is 14.2. The Kier molecular flexibility index (Phi) is 15.2. The van der Waals surface area contributed by atoms with E-state index in [9.17, 15) is 0 Å². The van der Waals surface area contributed by atoms with Crippen molar-refractivity contribution < 1.29 is 14.7 Å². The molecule has 0 aliphatic carbocycles. The second-order valence-corrected chi connectivity index (χ2v) is 6.28. The second-order valence-electron chi connectivity index (χ2n) is 6.28. The zero-order chi connectivity index (χ0) is 15.4. The van der Waals surface area contributed by atoms with E-state index in [1.54, 1.807) is 0 Å². The summed E-state index contributed by atoms with van der Waals surface area (Å²) in [7, 11) is -1.60. The summed E-state index contributed by atoms with van der Waals surface area (Å²) in [5.41, 5.74) is 10.7. The smallest absolute Gasteiger partial charge is 0.402 e. The van der Waals surface area contributed by atoms with Crippen LogP contribution in [0, 0.1) is 0 Å². The van der Waals surface area contributed by atoms with Crippen molar-refractivity contribution in [2.24, 2.45) is 11.5 Å². The van der Waals surface area contributed by atoms with Crippen LogP contribution in [0.2, 0.25) is 0 Å². The second kappa shape index (κ2) is 11.9. The third-order valence-corrected chi connectivity index (χ3v) is 0.765. The van der Waals surface area contributed by atoms with Gasteiger partial charge in [-0.25, -0.2) is 0 Å². The Morgan fingerprint density at radius 2 is 1.22 bits per heavy atom. The Hall–Kier alpha value is -0.135. The van der Waals surface area contributed by atoms with Crippen molar-refractivity contribution in [2.75, 3.05) is 6.61 Å². The lowest BCUT2D eigenvalue weighted by Gasteiger charge is -2.06. The molecule has 0 atom stereocenters. The molecule has 0 aromatic heterocycles. The number of rotatable bonds is 4. The van der Waals surface area contributed by atoms with Crippen LogP contribution in [0.5, 0.6) is 0 Å². The molecule has 0 heterocycles. The van der Waals surface area contributed by atoms with Crippen LogP contribution in [0.15, 0.2) is 0 Å². The number of hydrogen-bond acceptors (Lipinski definition) is 5. The van der Waals surface area contributed by atoms with Gasteiger partial charge in [0, 0.05) is 17.7 Å². The molecule has 6 heteroatoms. The number of unbranched alkanes of at least 4 members (excludes halogenated alkanes) is 1. The van der Waals surface area contributed by atoms with Crippen molar-refractivity contribution in [1.29, 1.82) is 0 Å². The van der Waals surface area contributed by atoms with Crippen molar-refractivity contribution in [1.82, 2.24) is 0 Å². The molecule has 0 aliphatic rings. The summed E-state index contributed by atoms with van der Waals surface area (Å²) in [6, 6.07) is 0. The van der Waals surface area contributed by atoms with Gasteiger partial charge in [0.15, 0.2) is 0 Å². The average molecular weight is 264 g/mol. The van der Waals surface area contributed by atoms with Crippen molar-refractivity contribution in [3.05, 3.63) is 0 Å². The molecular weight excluding hydrogens is 231 g/mol. The summed E-state index contributed by atoms with van der Waals surface area (Å²) in [5.74, 6) is 0. The van der Waals surface area contributed by atoms with E-state index >= 15 is 0 Å². The van der Waals surface area contributed by atoms with Crippen molar-refractivity contribution >= 4 is 7.32 Å². The van der Waals surface area contributed by atoms with Crippen LogP contribution >= 0.6 is 0 Å². The van der Waals surface area contributed by atoms with Crippen LogP contribution in [-0.4, -0.2) is 35.1 Å².